The third-order valence-corrected chi connectivity index (χ3v) is 5.64. The van der Waals surface area contributed by atoms with E-state index in [1.165, 1.54) is 120 Å². The van der Waals surface area contributed by atoms with Crippen molar-refractivity contribution < 1.29 is 0 Å². The third-order valence-electron chi connectivity index (χ3n) is 5.64. The molecule has 0 aliphatic rings. The highest BCUT2D eigenvalue weighted by Crippen LogP contribution is 2.15. The molecule has 2 N–H and O–H groups in total. The minimum absolute atomic E-state index is 0.676. The molecule has 150 valence electrons. The summed E-state index contributed by atoms with van der Waals surface area (Å²) in [7, 11) is 0. The van der Waals surface area contributed by atoms with Crippen molar-refractivity contribution in [2.24, 2.45) is 5.73 Å². The van der Waals surface area contributed by atoms with Gasteiger partial charge in [-0.2, -0.15) is 0 Å². The van der Waals surface area contributed by atoms with Crippen LogP contribution < -0.4 is 5.73 Å². The Kier molecular flexibility index (Phi) is 15.7. The molecule has 1 heteroatoms. The monoisotopic (exact) mass is 359 g/mol. The first-order valence-corrected chi connectivity index (χ1v) is 11.6. The number of benzene rings is 1. The average molecular weight is 360 g/mol. The molecular weight excluding hydrogens is 314 g/mol. The summed E-state index contributed by atoms with van der Waals surface area (Å²) in [5, 5.41) is 0. The molecule has 0 unspecified atom stereocenters. The van der Waals surface area contributed by atoms with Crippen LogP contribution in [0, 0.1) is 0 Å². The van der Waals surface area contributed by atoms with E-state index in [1.807, 2.05) is 0 Å². The standard InChI is InChI=1S/C25H45N/c1-2-3-4-5-6-7-8-9-10-11-12-13-14-15-16-17-20-24-21-18-19-22-25(24)23-26/h18-19,21-22H,2-17,20,23,26H2,1H3. The maximum atomic E-state index is 5.81. The lowest BCUT2D eigenvalue weighted by molar-refractivity contribution is 0.529. The molecular formula is C25H45N. The molecule has 1 nitrogen and oxygen atoms in total. The van der Waals surface area contributed by atoms with E-state index >= 15 is 0 Å². The predicted octanol–water partition coefficient (Wildman–Crippen LogP) is 7.95. The fourth-order valence-corrected chi connectivity index (χ4v) is 3.86. The fraction of sp³-hybridized carbons (Fsp3) is 0.760. The second-order valence-corrected chi connectivity index (χ2v) is 8.03. The van der Waals surface area contributed by atoms with Crippen molar-refractivity contribution in [1.29, 1.82) is 0 Å². The number of hydrogen-bond donors (Lipinski definition) is 1. The van der Waals surface area contributed by atoms with Gasteiger partial charge in [0.1, 0.15) is 0 Å². The Bertz CT molecular complexity index is 412. The van der Waals surface area contributed by atoms with E-state index in [2.05, 4.69) is 31.2 Å². The van der Waals surface area contributed by atoms with Gasteiger partial charge in [-0.05, 0) is 24.0 Å². The van der Waals surface area contributed by atoms with Gasteiger partial charge in [0.15, 0.2) is 0 Å². The molecule has 0 fully saturated rings. The molecule has 1 aromatic rings. The van der Waals surface area contributed by atoms with Gasteiger partial charge in [0.05, 0.1) is 0 Å². The van der Waals surface area contributed by atoms with Crippen molar-refractivity contribution in [2.75, 3.05) is 0 Å². The smallest absolute Gasteiger partial charge is 0.0180 e. The molecule has 1 rings (SSSR count). The van der Waals surface area contributed by atoms with E-state index in [-0.39, 0.29) is 0 Å². The summed E-state index contributed by atoms with van der Waals surface area (Å²) in [6, 6.07) is 8.65. The van der Waals surface area contributed by atoms with Crippen LogP contribution in [0.2, 0.25) is 0 Å². The van der Waals surface area contributed by atoms with Gasteiger partial charge in [-0.25, -0.2) is 0 Å². The Labute approximate surface area is 164 Å². The van der Waals surface area contributed by atoms with Gasteiger partial charge < -0.3 is 5.73 Å². The van der Waals surface area contributed by atoms with Crippen molar-refractivity contribution in [3.05, 3.63) is 35.4 Å². The molecule has 0 saturated carbocycles. The zero-order valence-electron chi connectivity index (χ0n) is 17.6. The van der Waals surface area contributed by atoms with Crippen molar-refractivity contribution >= 4 is 0 Å². The highest BCUT2D eigenvalue weighted by atomic mass is 14.5. The summed E-state index contributed by atoms with van der Waals surface area (Å²) in [6.45, 7) is 2.97. The summed E-state index contributed by atoms with van der Waals surface area (Å²) in [5.41, 5.74) is 8.60. The predicted molar refractivity (Wildman–Crippen MR) is 118 cm³/mol. The van der Waals surface area contributed by atoms with Crippen molar-refractivity contribution in [3.63, 3.8) is 0 Å². The van der Waals surface area contributed by atoms with Gasteiger partial charge in [0.25, 0.3) is 0 Å². The van der Waals surface area contributed by atoms with Gasteiger partial charge in [0, 0.05) is 6.54 Å². The van der Waals surface area contributed by atoms with Gasteiger partial charge in [0.2, 0.25) is 0 Å². The first kappa shape index (κ1) is 23.2. The highest BCUT2D eigenvalue weighted by Gasteiger charge is 2.00. The summed E-state index contributed by atoms with van der Waals surface area (Å²) in [4.78, 5) is 0. The van der Waals surface area contributed by atoms with Gasteiger partial charge in [-0.1, -0.05) is 128 Å². The molecule has 26 heavy (non-hydrogen) atoms. The Morgan fingerprint density at radius 2 is 0.923 bits per heavy atom. The quantitative estimate of drug-likeness (QED) is 0.264. The molecule has 0 bridgehead atoms. The zero-order chi connectivity index (χ0) is 18.7. The minimum atomic E-state index is 0.676. The largest absolute Gasteiger partial charge is 0.326 e. The highest BCUT2D eigenvalue weighted by molar-refractivity contribution is 5.26. The van der Waals surface area contributed by atoms with E-state index < -0.39 is 0 Å². The van der Waals surface area contributed by atoms with Crippen LogP contribution in [0.25, 0.3) is 0 Å². The molecule has 0 aliphatic carbocycles. The molecule has 0 amide bonds. The van der Waals surface area contributed by atoms with E-state index in [4.69, 9.17) is 5.73 Å². The Morgan fingerprint density at radius 3 is 1.35 bits per heavy atom. The van der Waals surface area contributed by atoms with Crippen molar-refractivity contribution in [1.82, 2.24) is 0 Å². The molecule has 1 aromatic carbocycles. The molecule has 0 spiro atoms. The van der Waals surface area contributed by atoms with Crippen molar-refractivity contribution in [2.45, 2.75) is 123 Å². The lowest BCUT2D eigenvalue weighted by Crippen LogP contribution is -2.01. The second kappa shape index (κ2) is 17.6. The SMILES string of the molecule is CCCCCCCCCCCCCCCCCCc1ccccc1CN. The number of aryl methyl sites for hydroxylation is 1. The van der Waals surface area contributed by atoms with Gasteiger partial charge >= 0.3 is 0 Å². The van der Waals surface area contributed by atoms with Crippen LogP contribution in [-0.4, -0.2) is 0 Å². The van der Waals surface area contributed by atoms with Crippen LogP contribution >= 0.6 is 0 Å². The minimum Gasteiger partial charge on any atom is -0.326 e. The normalized spacial score (nSPS) is 11.2. The molecule has 0 heterocycles. The first-order valence-electron chi connectivity index (χ1n) is 11.6. The van der Waals surface area contributed by atoms with Gasteiger partial charge in [-0.3, -0.25) is 0 Å². The number of nitrogens with two attached hydrogens (primary N) is 1. The Morgan fingerprint density at radius 1 is 0.538 bits per heavy atom. The van der Waals surface area contributed by atoms with Crippen LogP contribution in [0.4, 0.5) is 0 Å². The van der Waals surface area contributed by atoms with Crippen LogP contribution in [0.3, 0.4) is 0 Å². The number of rotatable bonds is 18. The van der Waals surface area contributed by atoms with E-state index in [0.717, 1.165) is 0 Å². The Balaban J connectivity index is 1.80. The second-order valence-electron chi connectivity index (χ2n) is 8.03. The van der Waals surface area contributed by atoms with E-state index in [1.54, 1.807) is 0 Å². The van der Waals surface area contributed by atoms with Gasteiger partial charge in [-0.15, -0.1) is 0 Å². The first-order chi connectivity index (χ1) is 12.9. The third kappa shape index (κ3) is 12.5. The van der Waals surface area contributed by atoms with Crippen LogP contribution in [-0.2, 0) is 13.0 Å². The zero-order valence-corrected chi connectivity index (χ0v) is 17.6. The van der Waals surface area contributed by atoms with E-state index in [9.17, 15) is 0 Å². The number of unbranched alkanes of at least 4 members (excludes halogenated alkanes) is 15. The number of hydrogen-bond acceptors (Lipinski definition) is 1. The Hall–Kier alpha value is -0.820. The molecule has 0 aliphatic heterocycles. The summed E-state index contributed by atoms with van der Waals surface area (Å²) in [5.74, 6) is 0. The molecule has 0 saturated heterocycles. The summed E-state index contributed by atoms with van der Waals surface area (Å²) in [6.07, 6.45) is 24.1. The maximum absolute atomic E-state index is 5.81. The molecule has 0 radical (unpaired) electrons. The molecule has 0 aromatic heterocycles. The lowest BCUT2D eigenvalue weighted by Gasteiger charge is -2.07. The average Bonchev–Trinajstić information content (AvgIpc) is 2.68. The summed E-state index contributed by atoms with van der Waals surface area (Å²) < 4.78 is 0. The molecule has 0 atom stereocenters. The van der Waals surface area contributed by atoms with Crippen LogP contribution in [0.5, 0.6) is 0 Å². The topological polar surface area (TPSA) is 26.0 Å². The van der Waals surface area contributed by atoms with E-state index in [0.29, 0.717) is 6.54 Å². The maximum Gasteiger partial charge on any atom is 0.0180 e. The fourth-order valence-electron chi connectivity index (χ4n) is 3.86. The van der Waals surface area contributed by atoms with Crippen LogP contribution in [0.1, 0.15) is 121 Å². The van der Waals surface area contributed by atoms with Crippen molar-refractivity contribution in [3.8, 4) is 0 Å². The lowest BCUT2D eigenvalue weighted by atomic mass is 10.00. The van der Waals surface area contributed by atoms with Crippen LogP contribution in [0.15, 0.2) is 24.3 Å². The summed E-state index contributed by atoms with van der Waals surface area (Å²) >= 11 is 0.